The molecule has 1 fully saturated rings. The first-order chi connectivity index (χ1) is 8.72. The van der Waals surface area contributed by atoms with Crippen LogP contribution in [0, 0.1) is 0 Å². The minimum Gasteiger partial charge on any atom is -0.309 e. The van der Waals surface area contributed by atoms with Gasteiger partial charge in [-0.3, -0.25) is 0 Å². The van der Waals surface area contributed by atoms with E-state index in [-0.39, 0.29) is 0 Å². The average molecular weight is 343 g/mol. The zero-order chi connectivity index (χ0) is 12.5. The van der Waals surface area contributed by atoms with E-state index in [0.29, 0.717) is 0 Å². The summed E-state index contributed by atoms with van der Waals surface area (Å²) in [5, 5.41) is 4.30. The predicted molar refractivity (Wildman–Crippen MR) is 82.3 cm³/mol. The van der Waals surface area contributed by atoms with E-state index in [4.69, 9.17) is 11.6 Å². The van der Waals surface area contributed by atoms with Crippen LogP contribution in [0.5, 0.6) is 0 Å². The number of rotatable bonds is 4. The molecule has 1 heterocycles. The SMILES string of the molecule is Clc1cc(-c2ccc(CNC3CC3)s2)ccc1Br. The molecule has 1 N–H and O–H groups in total. The first-order valence-corrected chi connectivity index (χ1v) is 7.98. The quantitative estimate of drug-likeness (QED) is 0.816. The Kier molecular flexibility index (Phi) is 3.76. The summed E-state index contributed by atoms with van der Waals surface area (Å²) in [5.74, 6) is 0. The summed E-state index contributed by atoms with van der Waals surface area (Å²) in [5.41, 5.74) is 1.19. The smallest absolute Gasteiger partial charge is 0.0554 e. The van der Waals surface area contributed by atoms with Crippen molar-refractivity contribution in [1.29, 1.82) is 0 Å². The molecule has 2 aromatic rings. The first kappa shape index (κ1) is 12.7. The van der Waals surface area contributed by atoms with E-state index in [1.165, 1.54) is 28.2 Å². The third-order valence-electron chi connectivity index (χ3n) is 3.01. The van der Waals surface area contributed by atoms with Crippen LogP contribution in [0.4, 0.5) is 0 Å². The Hall–Kier alpha value is -0.350. The summed E-state index contributed by atoms with van der Waals surface area (Å²) in [7, 11) is 0. The molecule has 0 amide bonds. The second-order valence-electron chi connectivity index (χ2n) is 4.55. The molecule has 1 aromatic carbocycles. The Morgan fingerprint density at radius 1 is 1.28 bits per heavy atom. The van der Waals surface area contributed by atoms with E-state index in [1.54, 1.807) is 0 Å². The third kappa shape index (κ3) is 2.97. The highest BCUT2D eigenvalue weighted by molar-refractivity contribution is 9.10. The van der Waals surface area contributed by atoms with Gasteiger partial charge < -0.3 is 5.32 Å². The zero-order valence-corrected chi connectivity index (χ0v) is 12.9. The minimum atomic E-state index is 0.762. The molecule has 1 aliphatic carbocycles. The van der Waals surface area contributed by atoms with Gasteiger partial charge in [-0.15, -0.1) is 11.3 Å². The lowest BCUT2D eigenvalue weighted by Crippen LogP contribution is -2.14. The van der Waals surface area contributed by atoms with Crippen molar-refractivity contribution in [2.24, 2.45) is 0 Å². The van der Waals surface area contributed by atoms with Crippen molar-refractivity contribution >= 4 is 38.9 Å². The Bertz CT molecular complexity index is 563. The van der Waals surface area contributed by atoms with Crippen LogP contribution < -0.4 is 5.32 Å². The van der Waals surface area contributed by atoms with E-state index in [9.17, 15) is 0 Å². The van der Waals surface area contributed by atoms with Gasteiger partial charge in [-0.05, 0) is 58.6 Å². The molecule has 1 aliphatic rings. The minimum absolute atomic E-state index is 0.762. The largest absolute Gasteiger partial charge is 0.309 e. The number of nitrogens with one attached hydrogen (secondary N) is 1. The molecule has 1 nitrogen and oxygen atoms in total. The van der Waals surface area contributed by atoms with Gasteiger partial charge in [0.05, 0.1) is 5.02 Å². The normalized spacial score (nSPS) is 15.0. The number of hydrogen-bond donors (Lipinski definition) is 1. The summed E-state index contributed by atoms with van der Waals surface area (Å²) in [6.45, 7) is 0.986. The summed E-state index contributed by atoms with van der Waals surface area (Å²) < 4.78 is 0.945. The van der Waals surface area contributed by atoms with Crippen molar-refractivity contribution in [2.75, 3.05) is 0 Å². The number of halogens is 2. The van der Waals surface area contributed by atoms with Crippen LogP contribution in [-0.4, -0.2) is 6.04 Å². The molecule has 1 saturated carbocycles. The van der Waals surface area contributed by atoms with Crippen LogP contribution in [-0.2, 0) is 6.54 Å². The van der Waals surface area contributed by atoms with Gasteiger partial charge >= 0.3 is 0 Å². The molecule has 94 valence electrons. The van der Waals surface area contributed by atoms with Gasteiger partial charge in [-0.2, -0.15) is 0 Å². The Morgan fingerprint density at radius 3 is 2.83 bits per heavy atom. The van der Waals surface area contributed by atoms with E-state index >= 15 is 0 Å². The van der Waals surface area contributed by atoms with Gasteiger partial charge in [0.2, 0.25) is 0 Å². The lowest BCUT2D eigenvalue weighted by molar-refractivity contribution is 0.695. The Balaban J connectivity index is 1.76. The lowest BCUT2D eigenvalue weighted by Gasteiger charge is -2.01. The fourth-order valence-electron chi connectivity index (χ4n) is 1.81. The van der Waals surface area contributed by atoms with Crippen molar-refractivity contribution < 1.29 is 0 Å². The second kappa shape index (κ2) is 5.33. The van der Waals surface area contributed by atoms with Crippen molar-refractivity contribution in [3.63, 3.8) is 0 Å². The van der Waals surface area contributed by atoms with E-state index in [1.807, 2.05) is 23.5 Å². The highest BCUT2D eigenvalue weighted by Crippen LogP contribution is 2.33. The maximum atomic E-state index is 6.13. The van der Waals surface area contributed by atoms with Crippen LogP contribution in [0.15, 0.2) is 34.8 Å². The Morgan fingerprint density at radius 2 is 2.11 bits per heavy atom. The molecule has 0 atom stereocenters. The molecule has 0 unspecified atom stereocenters. The molecule has 4 heteroatoms. The monoisotopic (exact) mass is 341 g/mol. The average Bonchev–Trinajstić information content (AvgIpc) is 3.08. The van der Waals surface area contributed by atoms with Crippen LogP contribution in [0.2, 0.25) is 5.02 Å². The molecular weight excluding hydrogens is 330 g/mol. The van der Waals surface area contributed by atoms with Gasteiger partial charge in [0.15, 0.2) is 0 Å². The van der Waals surface area contributed by atoms with E-state index in [2.05, 4.69) is 39.4 Å². The highest BCUT2D eigenvalue weighted by atomic mass is 79.9. The number of benzene rings is 1. The molecule has 0 saturated heterocycles. The molecule has 0 bridgehead atoms. The van der Waals surface area contributed by atoms with Gasteiger partial charge in [-0.25, -0.2) is 0 Å². The highest BCUT2D eigenvalue weighted by Gasteiger charge is 2.20. The molecule has 1 aromatic heterocycles. The zero-order valence-electron chi connectivity index (χ0n) is 9.75. The molecule has 0 spiro atoms. The fraction of sp³-hybridized carbons (Fsp3) is 0.286. The van der Waals surface area contributed by atoms with Crippen LogP contribution >= 0.6 is 38.9 Å². The number of thiophene rings is 1. The van der Waals surface area contributed by atoms with Crippen molar-refractivity contribution in [3.8, 4) is 10.4 Å². The van der Waals surface area contributed by atoms with Crippen LogP contribution in [0.25, 0.3) is 10.4 Å². The van der Waals surface area contributed by atoms with Gasteiger partial charge in [-0.1, -0.05) is 17.7 Å². The van der Waals surface area contributed by atoms with Crippen molar-refractivity contribution in [1.82, 2.24) is 5.32 Å². The van der Waals surface area contributed by atoms with Crippen LogP contribution in [0.1, 0.15) is 17.7 Å². The fourth-order valence-corrected chi connectivity index (χ4v) is 3.19. The maximum Gasteiger partial charge on any atom is 0.0554 e. The van der Waals surface area contributed by atoms with Crippen LogP contribution in [0.3, 0.4) is 0 Å². The summed E-state index contributed by atoms with van der Waals surface area (Å²) in [6.07, 6.45) is 2.67. The molecular formula is C14H13BrClNS. The van der Waals surface area contributed by atoms with E-state index < -0.39 is 0 Å². The van der Waals surface area contributed by atoms with E-state index in [0.717, 1.165) is 22.1 Å². The van der Waals surface area contributed by atoms with Gasteiger partial charge in [0.25, 0.3) is 0 Å². The second-order valence-corrected chi connectivity index (χ2v) is 6.98. The first-order valence-electron chi connectivity index (χ1n) is 6.00. The predicted octanol–water partition coefficient (Wildman–Crippen LogP) is 5.08. The maximum absolute atomic E-state index is 6.13. The Labute approximate surface area is 124 Å². The van der Waals surface area contributed by atoms with Gasteiger partial charge in [0.1, 0.15) is 0 Å². The topological polar surface area (TPSA) is 12.0 Å². The molecule has 0 radical (unpaired) electrons. The summed E-state index contributed by atoms with van der Waals surface area (Å²) in [4.78, 5) is 2.66. The molecule has 18 heavy (non-hydrogen) atoms. The number of hydrogen-bond acceptors (Lipinski definition) is 2. The molecule has 0 aliphatic heterocycles. The lowest BCUT2D eigenvalue weighted by atomic mass is 10.2. The summed E-state index contributed by atoms with van der Waals surface area (Å²) >= 11 is 11.4. The van der Waals surface area contributed by atoms with Gasteiger partial charge in [0, 0.05) is 26.8 Å². The molecule has 3 rings (SSSR count). The third-order valence-corrected chi connectivity index (χ3v) is 5.37. The van der Waals surface area contributed by atoms with Crippen molar-refractivity contribution in [3.05, 3.63) is 44.7 Å². The standard InChI is InChI=1S/C14H13BrClNS/c15-12-5-1-9(7-13(12)16)14-6-4-11(18-14)8-17-10-2-3-10/h1,4-7,10,17H,2-3,8H2. The van der Waals surface area contributed by atoms with Crippen molar-refractivity contribution in [2.45, 2.75) is 25.4 Å². The summed E-state index contributed by atoms with van der Waals surface area (Å²) in [6, 6.07) is 11.2.